The Morgan fingerprint density at radius 1 is 0.947 bits per heavy atom. The van der Waals surface area contributed by atoms with E-state index in [1.54, 1.807) is 0 Å². The van der Waals surface area contributed by atoms with Gasteiger partial charge in [0.15, 0.2) is 0 Å². The maximum atomic E-state index is 11.9. The van der Waals surface area contributed by atoms with Gasteiger partial charge in [-0.1, -0.05) is 48.5 Å². The molecule has 2 bridgehead atoms. The molecule has 2 aliphatic rings. The Bertz CT molecular complexity index is 733. The van der Waals surface area contributed by atoms with E-state index in [4.69, 9.17) is 10.7 Å². The van der Waals surface area contributed by atoms with Crippen LogP contribution < -0.4 is 5.73 Å². The summed E-state index contributed by atoms with van der Waals surface area (Å²) in [5, 5.41) is 0. The van der Waals surface area contributed by atoms with Crippen LogP contribution in [0.25, 0.3) is 0 Å². The minimum absolute atomic E-state index is 0.0259. The standard InChI is InChI=1S/C16H12N2O/c17-16(19)13-9-5-1-2-6-10(9)14-11-7-3-4-8-12(11)15(13)18-14/h1-8,13-14H,(H2,17,19). The van der Waals surface area contributed by atoms with Gasteiger partial charge in [0.1, 0.15) is 12.0 Å². The summed E-state index contributed by atoms with van der Waals surface area (Å²) in [6, 6.07) is 16.1. The normalized spacial score (nSPS) is 22.4. The molecule has 2 atom stereocenters. The average Bonchev–Trinajstić information content (AvgIpc) is 2.75. The van der Waals surface area contributed by atoms with Crippen molar-refractivity contribution in [1.82, 2.24) is 0 Å². The highest BCUT2D eigenvalue weighted by Crippen LogP contribution is 2.45. The van der Waals surface area contributed by atoms with Crippen molar-refractivity contribution in [1.29, 1.82) is 0 Å². The van der Waals surface area contributed by atoms with Gasteiger partial charge in [-0.2, -0.15) is 0 Å². The van der Waals surface area contributed by atoms with Crippen LogP contribution in [-0.4, -0.2) is 11.6 Å². The average molecular weight is 248 g/mol. The van der Waals surface area contributed by atoms with E-state index in [0.29, 0.717) is 0 Å². The zero-order chi connectivity index (χ0) is 13.0. The summed E-state index contributed by atoms with van der Waals surface area (Å²) in [6.07, 6.45) is 0. The van der Waals surface area contributed by atoms with Crippen molar-refractivity contribution < 1.29 is 4.79 Å². The number of carbonyl (C=O) groups is 1. The molecule has 4 rings (SSSR count). The second-order valence-electron chi connectivity index (χ2n) is 4.97. The van der Waals surface area contributed by atoms with Crippen molar-refractivity contribution in [2.75, 3.05) is 0 Å². The van der Waals surface area contributed by atoms with Gasteiger partial charge in [0, 0.05) is 5.56 Å². The molecule has 2 aromatic rings. The smallest absolute Gasteiger partial charge is 0.231 e. The Hall–Kier alpha value is -2.42. The molecular weight excluding hydrogens is 236 g/mol. The highest BCUT2D eigenvalue weighted by Gasteiger charge is 2.40. The molecule has 19 heavy (non-hydrogen) atoms. The summed E-state index contributed by atoms with van der Waals surface area (Å²) >= 11 is 0. The van der Waals surface area contributed by atoms with Crippen molar-refractivity contribution in [3.05, 3.63) is 70.8 Å². The lowest BCUT2D eigenvalue weighted by Gasteiger charge is -2.22. The fraction of sp³-hybridized carbons (Fsp3) is 0.125. The molecule has 3 heteroatoms. The number of hydrogen-bond donors (Lipinski definition) is 1. The number of rotatable bonds is 1. The van der Waals surface area contributed by atoms with Gasteiger partial charge in [-0.05, 0) is 16.7 Å². The van der Waals surface area contributed by atoms with E-state index >= 15 is 0 Å². The first-order valence-corrected chi connectivity index (χ1v) is 6.32. The summed E-state index contributed by atoms with van der Waals surface area (Å²) in [5.74, 6) is -0.752. The fourth-order valence-electron chi connectivity index (χ4n) is 3.17. The van der Waals surface area contributed by atoms with Crippen LogP contribution in [0.15, 0.2) is 53.5 Å². The molecule has 2 heterocycles. The van der Waals surface area contributed by atoms with Gasteiger partial charge in [-0.25, -0.2) is 0 Å². The van der Waals surface area contributed by atoms with E-state index in [9.17, 15) is 4.79 Å². The number of benzene rings is 2. The van der Waals surface area contributed by atoms with Crippen LogP contribution in [0.4, 0.5) is 0 Å². The molecule has 2 N–H and O–H groups in total. The second-order valence-corrected chi connectivity index (χ2v) is 4.97. The SMILES string of the molecule is NC(=O)C1C2=NC(c3ccccc32)c2ccccc21. The number of nitrogens with zero attached hydrogens (tertiary/aromatic N) is 1. The van der Waals surface area contributed by atoms with Gasteiger partial charge in [0.05, 0.1) is 5.71 Å². The number of hydrogen-bond acceptors (Lipinski definition) is 2. The summed E-state index contributed by atoms with van der Waals surface area (Å²) in [7, 11) is 0. The topological polar surface area (TPSA) is 55.5 Å². The minimum atomic E-state index is -0.420. The van der Waals surface area contributed by atoms with Crippen LogP contribution in [0.5, 0.6) is 0 Å². The van der Waals surface area contributed by atoms with Gasteiger partial charge in [-0.15, -0.1) is 0 Å². The molecule has 0 saturated carbocycles. The minimum Gasteiger partial charge on any atom is -0.369 e. The zero-order valence-electron chi connectivity index (χ0n) is 10.2. The summed E-state index contributed by atoms with van der Waals surface area (Å²) < 4.78 is 0. The van der Waals surface area contributed by atoms with E-state index in [1.165, 1.54) is 5.56 Å². The molecule has 3 nitrogen and oxygen atoms in total. The first-order valence-electron chi connectivity index (χ1n) is 6.32. The molecule has 92 valence electrons. The number of fused-ring (bicyclic) bond motifs is 6. The molecule has 2 unspecified atom stereocenters. The Morgan fingerprint density at radius 3 is 2.32 bits per heavy atom. The molecular formula is C16H12N2O. The quantitative estimate of drug-likeness (QED) is 0.826. The van der Waals surface area contributed by atoms with Crippen molar-refractivity contribution in [2.24, 2.45) is 10.7 Å². The highest BCUT2D eigenvalue weighted by atomic mass is 16.1. The second kappa shape index (κ2) is 3.54. The van der Waals surface area contributed by atoms with Crippen molar-refractivity contribution in [2.45, 2.75) is 12.0 Å². The Morgan fingerprint density at radius 2 is 1.58 bits per heavy atom. The molecule has 2 aromatic carbocycles. The Labute approximate surface area is 110 Å². The van der Waals surface area contributed by atoms with Gasteiger partial charge in [0.2, 0.25) is 5.91 Å². The summed E-state index contributed by atoms with van der Waals surface area (Å²) in [4.78, 5) is 16.6. The van der Waals surface area contributed by atoms with Gasteiger partial charge >= 0.3 is 0 Å². The summed E-state index contributed by atoms with van der Waals surface area (Å²) in [6.45, 7) is 0. The first kappa shape index (κ1) is 10.5. The molecule has 0 spiro atoms. The first-order chi connectivity index (χ1) is 9.27. The third kappa shape index (κ3) is 1.27. The van der Waals surface area contributed by atoms with Crippen LogP contribution >= 0.6 is 0 Å². The third-order valence-corrected chi connectivity index (χ3v) is 3.96. The number of amides is 1. The number of primary amides is 1. The van der Waals surface area contributed by atoms with E-state index in [1.807, 2.05) is 42.5 Å². The monoisotopic (exact) mass is 248 g/mol. The number of aliphatic imine (C=N–C) groups is 1. The molecule has 1 amide bonds. The van der Waals surface area contributed by atoms with Crippen molar-refractivity contribution >= 4 is 11.6 Å². The summed E-state index contributed by atoms with van der Waals surface area (Å²) in [5.41, 5.74) is 10.8. The maximum absolute atomic E-state index is 11.9. The van der Waals surface area contributed by atoms with Crippen molar-refractivity contribution in [3.8, 4) is 0 Å². The van der Waals surface area contributed by atoms with Gasteiger partial charge < -0.3 is 5.73 Å². The largest absolute Gasteiger partial charge is 0.369 e. The van der Waals surface area contributed by atoms with Crippen LogP contribution in [-0.2, 0) is 4.79 Å². The molecule has 2 aliphatic heterocycles. The predicted octanol–water partition coefficient (Wildman–Crippen LogP) is 2.16. The maximum Gasteiger partial charge on any atom is 0.231 e. The van der Waals surface area contributed by atoms with Crippen LogP contribution in [0, 0.1) is 0 Å². The van der Waals surface area contributed by atoms with Crippen LogP contribution in [0.2, 0.25) is 0 Å². The Balaban J connectivity index is 2.04. The fourth-order valence-corrected chi connectivity index (χ4v) is 3.17. The third-order valence-electron chi connectivity index (χ3n) is 3.96. The van der Waals surface area contributed by atoms with Crippen LogP contribution in [0.3, 0.4) is 0 Å². The molecule has 0 aromatic heterocycles. The molecule has 0 aliphatic carbocycles. The predicted molar refractivity (Wildman–Crippen MR) is 73.2 cm³/mol. The zero-order valence-corrected chi connectivity index (χ0v) is 10.2. The van der Waals surface area contributed by atoms with E-state index < -0.39 is 5.92 Å². The Kier molecular flexibility index (Phi) is 1.96. The lowest BCUT2D eigenvalue weighted by molar-refractivity contribution is -0.118. The lowest BCUT2D eigenvalue weighted by atomic mass is 9.86. The van der Waals surface area contributed by atoms with Crippen LogP contribution in [0.1, 0.15) is 34.2 Å². The number of nitrogens with two attached hydrogens (primary N) is 1. The molecule has 0 radical (unpaired) electrons. The number of carbonyl (C=O) groups excluding carboxylic acids is 1. The highest BCUT2D eigenvalue weighted by molar-refractivity contribution is 6.20. The molecule has 0 fully saturated rings. The van der Waals surface area contributed by atoms with Crippen molar-refractivity contribution in [3.63, 3.8) is 0 Å². The van der Waals surface area contributed by atoms with E-state index in [-0.39, 0.29) is 11.9 Å². The van der Waals surface area contributed by atoms with E-state index in [0.717, 1.165) is 22.4 Å². The lowest BCUT2D eigenvalue weighted by Crippen LogP contribution is -2.30. The van der Waals surface area contributed by atoms with Gasteiger partial charge in [-0.3, -0.25) is 9.79 Å². The van der Waals surface area contributed by atoms with Gasteiger partial charge in [0.25, 0.3) is 0 Å². The molecule has 0 saturated heterocycles. The van der Waals surface area contributed by atoms with E-state index in [2.05, 4.69) is 6.07 Å².